The zero-order valence-corrected chi connectivity index (χ0v) is 14.8. The summed E-state index contributed by atoms with van der Waals surface area (Å²) in [7, 11) is 1.63. The summed E-state index contributed by atoms with van der Waals surface area (Å²) in [6, 6.07) is 14.4. The standard InChI is InChI=1S/C20H16N4O3/c1-12-17(13-6-4-3-5-7-13)23-27-19(12)22-18(25)14-8-9-15-16(10-14)21-11-24(2)20(15)26/h3-11H,1-2H3,(H,22,25). The highest BCUT2D eigenvalue weighted by Crippen LogP contribution is 2.28. The van der Waals surface area contributed by atoms with Gasteiger partial charge in [0.15, 0.2) is 0 Å². The van der Waals surface area contributed by atoms with Crippen molar-refractivity contribution in [1.29, 1.82) is 0 Å². The van der Waals surface area contributed by atoms with E-state index in [1.165, 1.54) is 10.9 Å². The third-order valence-corrected chi connectivity index (χ3v) is 4.38. The lowest BCUT2D eigenvalue weighted by Crippen LogP contribution is -2.18. The highest BCUT2D eigenvalue weighted by Gasteiger charge is 2.17. The number of carbonyl (C=O) groups excluding carboxylic acids is 1. The Kier molecular flexibility index (Phi) is 4.04. The molecule has 7 nitrogen and oxygen atoms in total. The number of aryl methyl sites for hydroxylation is 1. The number of fused-ring (bicyclic) bond motifs is 1. The predicted molar refractivity (Wildman–Crippen MR) is 102 cm³/mol. The normalized spacial score (nSPS) is 10.9. The number of amides is 1. The van der Waals surface area contributed by atoms with E-state index in [9.17, 15) is 9.59 Å². The summed E-state index contributed by atoms with van der Waals surface area (Å²) >= 11 is 0. The second kappa shape index (κ2) is 6.53. The molecule has 134 valence electrons. The Balaban J connectivity index is 1.63. The maximum Gasteiger partial charge on any atom is 0.260 e. The largest absolute Gasteiger partial charge is 0.338 e. The minimum absolute atomic E-state index is 0.162. The first kappa shape index (κ1) is 16.7. The van der Waals surface area contributed by atoms with Crippen LogP contribution >= 0.6 is 0 Å². The van der Waals surface area contributed by atoms with Crippen LogP contribution in [0.5, 0.6) is 0 Å². The Hall–Kier alpha value is -3.74. The van der Waals surface area contributed by atoms with Gasteiger partial charge < -0.3 is 9.09 Å². The highest BCUT2D eigenvalue weighted by molar-refractivity contribution is 6.05. The van der Waals surface area contributed by atoms with Gasteiger partial charge in [0, 0.05) is 23.7 Å². The molecule has 0 radical (unpaired) electrons. The van der Waals surface area contributed by atoms with Gasteiger partial charge in [-0.3, -0.25) is 14.9 Å². The van der Waals surface area contributed by atoms with Gasteiger partial charge in [-0.25, -0.2) is 4.98 Å². The van der Waals surface area contributed by atoms with Crippen LogP contribution in [0.1, 0.15) is 15.9 Å². The number of rotatable bonds is 3. The summed E-state index contributed by atoms with van der Waals surface area (Å²) in [5.74, 6) is -0.0749. The molecule has 2 heterocycles. The fraction of sp³-hybridized carbons (Fsp3) is 0.100. The molecule has 0 aliphatic heterocycles. The molecule has 0 bridgehead atoms. The molecule has 4 aromatic rings. The summed E-state index contributed by atoms with van der Waals surface area (Å²) < 4.78 is 6.71. The number of benzene rings is 2. The fourth-order valence-corrected chi connectivity index (χ4v) is 2.84. The molecule has 0 spiro atoms. The topological polar surface area (TPSA) is 90.0 Å². The van der Waals surface area contributed by atoms with Crippen molar-refractivity contribution in [3.63, 3.8) is 0 Å². The summed E-state index contributed by atoms with van der Waals surface area (Å²) in [4.78, 5) is 28.9. The number of carbonyl (C=O) groups is 1. The third-order valence-electron chi connectivity index (χ3n) is 4.38. The van der Waals surface area contributed by atoms with Gasteiger partial charge in [0.1, 0.15) is 5.69 Å². The monoisotopic (exact) mass is 360 g/mol. The van der Waals surface area contributed by atoms with Crippen molar-refractivity contribution >= 4 is 22.7 Å². The van der Waals surface area contributed by atoms with Crippen molar-refractivity contribution in [2.24, 2.45) is 7.05 Å². The molecule has 0 aliphatic rings. The molecule has 1 amide bonds. The highest BCUT2D eigenvalue weighted by atomic mass is 16.5. The maximum atomic E-state index is 12.6. The van der Waals surface area contributed by atoms with Crippen molar-refractivity contribution in [2.45, 2.75) is 6.92 Å². The number of nitrogens with one attached hydrogen (secondary N) is 1. The number of hydrogen-bond acceptors (Lipinski definition) is 5. The molecule has 0 unspecified atom stereocenters. The van der Waals surface area contributed by atoms with Gasteiger partial charge in [-0.15, -0.1) is 0 Å². The average Bonchev–Trinajstić information content (AvgIpc) is 3.05. The molecule has 0 saturated carbocycles. The van der Waals surface area contributed by atoms with E-state index < -0.39 is 0 Å². The lowest BCUT2D eigenvalue weighted by molar-refractivity contribution is 0.102. The van der Waals surface area contributed by atoms with Crippen LogP contribution in [0.2, 0.25) is 0 Å². The summed E-state index contributed by atoms with van der Waals surface area (Å²) in [6.45, 7) is 1.83. The van der Waals surface area contributed by atoms with Crippen LogP contribution in [-0.2, 0) is 7.05 Å². The van der Waals surface area contributed by atoms with E-state index in [4.69, 9.17) is 4.52 Å². The van der Waals surface area contributed by atoms with E-state index in [0.29, 0.717) is 22.2 Å². The Morgan fingerprint density at radius 1 is 1.15 bits per heavy atom. The van der Waals surface area contributed by atoms with Crippen LogP contribution in [0.15, 0.2) is 64.2 Å². The quantitative estimate of drug-likeness (QED) is 0.606. The number of aromatic nitrogens is 3. The van der Waals surface area contributed by atoms with Gasteiger partial charge in [0.2, 0.25) is 5.88 Å². The third kappa shape index (κ3) is 2.99. The van der Waals surface area contributed by atoms with Gasteiger partial charge in [-0.1, -0.05) is 35.5 Å². The SMILES string of the molecule is Cc1c(-c2ccccc2)noc1NC(=O)c1ccc2c(=O)n(C)cnc2c1. The van der Waals surface area contributed by atoms with E-state index in [2.05, 4.69) is 15.5 Å². The first-order chi connectivity index (χ1) is 13.0. The molecule has 27 heavy (non-hydrogen) atoms. The Morgan fingerprint density at radius 2 is 1.93 bits per heavy atom. The van der Waals surface area contributed by atoms with Crippen molar-refractivity contribution < 1.29 is 9.32 Å². The van der Waals surface area contributed by atoms with Crippen molar-refractivity contribution in [1.82, 2.24) is 14.7 Å². The molecular formula is C20H16N4O3. The lowest BCUT2D eigenvalue weighted by Gasteiger charge is -2.05. The van der Waals surface area contributed by atoms with Crippen molar-refractivity contribution in [3.8, 4) is 11.3 Å². The van der Waals surface area contributed by atoms with Gasteiger partial charge in [-0.05, 0) is 25.1 Å². The Labute approximate surface area is 154 Å². The Bertz CT molecular complexity index is 1210. The minimum Gasteiger partial charge on any atom is -0.338 e. The second-order valence-electron chi connectivity index (χ2n) is 6.20. The van der Waals surface area contributed by atoms with Crippen LogP contribution in [-0.4, -0.2) is 20.6 Å². The molecule has 7 heteroatoms. The smallest absolute Gasteiger partial charge is 0.260 e. The Morgan fingerprint density at radius 3 is 2.70 bits per heavy atom. The van der Waals surface area contributed by atoms with Crippen molar-refractivity contribution in [3.05, 3.63) is 76.3 Å². The first-order valence-corrected chi connectivity index (χ1v) is 8.33. The fourth-order valence-electron chi connectivity index (χ4n) is 2.84. The number of anilines is 1. The van der Waals surface area contributed by atoms with E-state index in [1.807, 2.05) is 37.3 Å². The minimum atomic E-state index is -0.363. The second-order valence-corrected chi connectivity index (χ2v) is 6.20. The van der Waals surface area contributed by atoms with Gasteiger partial charge in [0.25, 0.3) is 11.5 Å². The first-order valence-electron chi connectivity index (χ1n) is 8.33. The molecule has 0 fully saturated rings. The molecule has 1 N–H and O–H groups in total. The zero-order chi connectivity index (χ0) is 19.0. The van der Waals surface area contributed by atoms with Crippen LogP contribution in [0.4, 0.5) is 5.88 Å². The molecule has 0 aliphatic carbocycles. The zero-order valence-electron chi connectivity index (χ0n) is 14.8. The van der Waals surface area contributed by atoms with E-state index in [1.54, 1.807) is 25.2 Å². The summed E-state index contributed by atoms with van der Waals surface area (Å²) in [5.41, 5.74) is 3.00. The molecule has 2 aromatic heterocycles. The van der Waals surface area contributed by atoms with E-state index in [0.717, 1.165) is 11.1 Å². The van der Waals surface area contributed by atoms with Crippen LogP contribution in [0, 0.1) is 6.92 Å². The van der Waals surface area contributed by atoms with Gasteiger partial charge >= 0.3 is 0 Å². The lowest BCUT2D eigenvalue weighted by atomic mass is 10.1. The van der Waals surface area contributed by atoms with E-state index in [-0.39, 0.29) is 17.4 Å². The molecule has 4 rings (SSSR count). The van der Waals surface area contributed by atoms with Crippen LogP contribution < -0.4 is 10.9 Å². The number of nitrogens with zero attached hydrogens (tertiary/aromatic N) is 3. The van der Waals surface area contributed by atoms with Gasteiger partial charge in [-0.2, -0.15) is 0 Å². The molecular weight excluding hydrogens is 344 g/mol. The van der Waals surface area contributed by atoms with Crippen molar-refractivity contribution in [2.75, 3.05) is 5.32 Å². The summed E-state index contributed by atoms with van der Waals surface area (Å²) in [6.07, 6.45) is 1.43. The van der Waals surface area contributed by atoms with Crippen LogP contribution in [0.25, 0.3) is 22.2 Å². The average molecular weight is 360 g/mol. The molecule has 0 atom stereocenters. The summed E-state index contributed by atoms with van der Waals surface area (Å²) in [5, 5.41) is 7.24. The molecule has 2 aromatic carbocycles. The maximum absolute atomic E-state index is 12.6. The number of hydrogen-bond donors (Lipinski definition) is 1. The predicted octanol–water partition coefficient (Wildman–Crippen LogP) is 3.15. The van der Waals surface area contributed by atoms with Crippen LogP contribution in [0.3, 0.4) is 0 Å². The van der Waals surface area contributed by atoms with Gasteiger partial charge in [0.05, 0.1) is 17.2 Å². The molecule has 0 saturated heterocycles. The van der Waals surface area contributed by atoms with E-state index >= 15 is 0 Å².